The van der Waals surface area contributed by atoms with E-state index in [2.05, 4.69) is 32.2 Å². The number of unbranched alkanes of at least 4 members (excludes halogenated alkanes) is 2. The molecule has 0 aromatic heterocycles. The lowest BCUT2D eigenvalue weighted by molar-refractivity contribution is -0.143. The molecule has 5 nitrogen and oxygen atoms in total. The molecule has 1 N–H and O–H groups in total. The topological polar surface area (TPSA) is 72.8 Å². The molecule has 0 aliphatic carbocycles. The zero-order valence-corrected chi connectivity index (χ0v) is 18.1. The Bertz CT molecular complexity index is 710. The lowest BCUT2D eigenvalue weighted by Crippen LogP contribution is -2.29. The van der Waals surface area contributed by atoms with Crippen molar-refractivity contribution in [2.45, 2.75) is 64.9 Å². The summed E-state index contributed by atoms with van der Waals surface area (Å²) in [5.41, 5.74) is 1.07. The first-order valence-corrected chi connectivity index (χ1v) is 10.1. The van der Waals surface area contributed by atoms with Gasteiger partial charge in [-0.05, 0) is 44.7 Å². The Morgan fingerprint density at radius 2 is 1.59 bits per heavy atom. The van der Waals surface area contributed by atoms with Gasteiger partial charge < -0.3 is 14.6 Å². The maximum absolute atomic E-state index is 12.2. The van der Waals surface area contributed by atoms with E-state index in [4.69, 9.17) is 9.47 Å². The third-order valence-electron chi connectivity index (χ3n) is 4.68. The third-order valence-corrected chi connectivity index (χ3v) is 4.68. The lowest BCUT2D eigenvalue weighted by Gasteiger charge is -2.22. The van der Waals surface area contributed by atoms with Crippen LogP contribution in [0.15, 0.2) is 48.6 Å². The van der Waals surface area contributed by atoms with Crippen molar-refractivity contribution >= 4 is 11.9 Å². The number of carbonyl (C=O) groups is 2. The average molecular weight is 403 g/mol. The number of carbonyl (C=O) groups excluding carboxylic acids is 2. The van der Waals surface area contributed by atoms with Gasteiger partial charge in [-0.2, -0.15) is 0 Å². The molecular formula is C24H34O5. The Hall–Kier alpha value is -2.40. The molecule has 1 aromatic rings. The molecule has 0 spiro atoms. The van der Waals surface area contributed by atoms with Crippen molar-refractivity contribution in [2.75, 3.05) is 13.2 Å². The number of hydrogen-bond acceptors (Lipinski definition) is 5. The molecule has 0 radical (unpaired) electrons. The number of benzene rings is 1. The number of aryl methyl sites for hydroxylation is 1. The van der Waals surface area contributed by atoms with Crippen molar-refractivity contribution in [2.24, 2.45) is 0 Å². The van der Waals surface area contributed by atoms with E-state index in [9.17, 15) is 14.7 Å². The van der Waals surface area contributed by atoms with E-state index in [0.29, 0.717) is 5.57 Å². The zero-order chi connectivity index (χ0) is 22.0. The first-order chi connectivity index (χ1) is 13.6. The van der Waals surface area contributed by atoms with Crippen LogP contribution in [0.3, 0.4) is 0 Å². The molecule has 1 unspecified atom stereocenters. The minimum Gasteiger partial charge on any atom is -0.462 e. The molecule has 0 heterocycles. The number of aliphatic hydroxyl groups is 1. The van der Waals surface area contributed by atoms with Crippen molar-refractivity contribution in [1.29, 1.82) is 0 Å². The Labute approximate surface area is 174 Å². The number of esters is 2. The number of rotatable bonds is 12. The van der Waals surface area contributed by atoms with E-state index in [0.717, 1.165) is 18.4 Å². The summed E-state index contributed by atoms with van der Waals surface area (Å²) in [4.78, 5) is 23.9. The van der Waals surface area contributed by atoms with Crippen molar-refractivity contribution in [3.63, 3.8) is 0 Å². The highest BCUT2D eigenvalue weighted by atomic mass is 16.5. The first kappa shape index (κ1) is 24.6. The number of hydrogen-bond donors (Lipinski definition) is 1. The normalized spacial score (nSPS) is 12.2. The second-order valence-electron chi connectivity index (χ2n) is 7.91. The van der Waals surface area contributed by atoms with Crippen LogP contribution in [0.5, 0.6) is 0 Å². The molecule has 0 bridgehead atoms. The van der Waals surface area contributed by atoms with Gasteiger partial charge in [0.15, 0.2) is 0 Å². The van der Waals surface area contributed by atoms with Gasteiger partial charge in [0.2, 0.25) is 0 Å². The van der Waals surface area contributed by atoms with Gasteiger partial charge in [-0.15, -0.1) is 0 Å². The van der Waals surface area contributed by atoms with Crippen molar-refractivity contribution in [3.05, 3.63) is 59.7 Å². The van der Waals surface area contributed by atoms with E-state index in [-0.39, 0.29) is 24.7 Å². The van der Waals surface area contributed by atoms with Crippen molar-refractivity contribution in [3.8, 4) is 0 Å². The lowest BCUT2D eigenvalue weighted by atomic mass is 9.97. The summed E-state index contributed by atoms with van der Waals surface area (Å²) in [6, 6.07) is 8.05. The van der Waals surface area contributed by atoms with E-state index in [1.807, 2.05) is 12.1 Å². The third kappa shape index (κ3) is 8.65. The molecule has 1 aromatic carbocycles. The Kier molecular flexibility index (Phi) is 9.83. The molecule has 1 rings (SSSR count). The van der Waals surface area contributed by atoms with Gasteiger partial charge in [0, 0.05) is 5.57 Å². The molecule has 0 aliphatic heterocycles. The number of ether oxygens (including phenoxy) is 2. The summed E-state index contributed by atoms with van der Waals surface area (Å²) in [7, 11) is 0. The van der Waals surface area contributed by atoms with Gasteiger partial charge >= 0.3 is 11.9 Å². The molecule has 29 heavy (non-hydrogen) atoms. The van der Waals surface area contributed by atoms with Crippen LogP contribution in [0.4, 0.5) is 0 Å². The first-order valence-electron chi connectivity index (χ1n) is 10.1. The van der Waals surface area contributed by atoms with E-state index in [1.165, 1.54) is 32.3 Å². The summed E-state index contributed by atoms with van der Waals surface area (Å²) in [6.07, 6.45) is 4.54. The van der Waals surface area contributed by atoms with Crippen LogP contribution in [-0.2, 0) is 25.5 Å². The fraction of sp³-hybridized carbons (Fsp3) is 0.500. The molecule has 160 valence electrons. The molecule has 0 saturated carbocycles. The minimum absolute atomic E-state index is 0.00653. The maximum atomic E-state index is 12.2. The van der Waals surface area contributed by atoms with Crippen LogP contribution >= 0.6 is 0 Å². The van der Waals surface area contributed by atoms with Crippen LogP contribution < -0.4 is 0 Å². The molecule has 0 amide bonds. The van der Waals surface area contributed by atoms with Crippen LogP contribution in [0.25, 0.3) is 0 Å². The van der Waals surface area contributed by atoms with Crippen molar-refractivity contribution < 1.29 is 24.2 Å². The van der Waals surface area contributed by atoms with Crippen LogP contribution in [0.1, 0.15) is 64.0 Å². The molecular weight excluding hydrogens is 368 g/mol. The predicted octanol–water partition coefficient (Wildman–Crippen LogP) is 4.49. The second-order valence-corrected chi connectivity index (χ2v) is 7.91. The largest absolute Gasteiger partial charge is 0.462 e. The van der Waals surface area contributed by atoms with E-state index >= 15 is 0 Å². The summed E-state index contributed by atoms with van der Waals surface area (Å²) >= 11 is 0. The SMILES string of the molecule is C=C(C)C(=O)OCC(COC(=O)C(=C)C(C)(C)O)c1ccc(CCCCC)cc1. The smallest absolute Gasteiger partial charge is 0.336 e. The standard InChI is InChI=1S/C24H34O5/c1-7-8-9-10-19-11-13-20(14-12-19)21(15-28-22(25)17(2)3)16-29-23(26)18(4)24(5,6)27/h11-14,21,27H,2,4,7-10,15-16H2,1,3,5-6H3. The summed E-state index contributed by atoms with van der Waals surface area (Å²) in [5, 5.41) is 9.92. The summed E-state index contributed by atoms with van der Waals surface area (Å²) in [5.74, 6) is -1.50. The zero-order valence-electron chi connectivity index (χ0n) is 18.1. The molecule has 5 heteroatoms. The highest BCUT2D eigenvalue weighted by molar-refractivity contribution is 5.89. The monoisotopic (exact) mass is 402 g/mol. The average Bonchev–Trinajstić information content (AvgIpc) is 2.67. The highest BCUT2D eigenvalue weighted by Gasteiger charge is 2.26. The quantitative estimate of drug-likeness (QED) is 0.317. The van der Waals surface area contributed by atoms with Crippen LogP contribution in [0.2, 0.25) is 0 Å². The van der Waals surface area contributed by atoms with Gasteiger partial charge in [0.1, 0.15) is 13.2 Å². The highest BCUT2D eigenvalue weighted by Crippen LogP contribution is 2.21. The summed E-state index contributed by atoms with van der Waals surface area (Å²) in [6.45, 7) is 13.9. The summed E-state index contributed by atoms with van der Waals surface area (Å²) < 4.78 is 10.6. The van der Waals surface area contributed by atoms with Gasteiger partial charge in [-0.3, -0.25) is 0 Å². The second kappa shape index (κ2) is 11.6. The van der Waals surface area contributed by atoms with Gasteiger partial charge in [-0.1, -0.05) is 57.2 Å². The molecule has 1 atom stereocenters. The minimum atomic E-state index is -1.36. The van der Waals surface area contributed by atoms with Gasteiger partial charge in [-0.25, -0.2) is 9.59 Å². The Balaban J connectivity index is 2.85. The van der Waals surface area contributed by atoms with Gasteiger partial charge in [0.05, 0.1) is 17.1 Å². The fourth-order valence-electron chi connectivity index (χ4n) is 2.59. The fourth-order valence-corrected chi connectivity index (χ4v) is 2.59. The Morgan fingerprint density at radius 1 is 1.03 bits per heavy atom. The molecule has 0 saturated heterocycles. The molecule has 0 fully saturated rings. The van der Waals surface area contributed by atoms with Gasteiger partial charge in [0.25, 0.3) is 0 Å². The van der Waals surface area contributed by atoms with E-state index in [1.54, 1.807) is 6.92 Å². The maximum Gasteiger partial charge on any atom is 0.336 e. The van der Waals surface area contributed by atoms with Crippen LogP contribution in [0, 0.1) is 0 Å². The van der Waals surface area contributed by atoms with Crippen molar-refractivity contribution in [1.82, 2.24) is 0 Å². The van der Waals surface area contributed by atoms with E-state index < -0.39 is 17.5 Å². The predicted molar refractivity (Wildman–Crippen MR) is 115 cm³/mol. The Morgan fingerprint density at radius 3 is 2.07 bits per heavy atom. The molecule has 0 aliphatic rings. The van der Waals surface area contributed by atoms with Crippen LogP contribution in [-0.4, -0.2) is 35.9 Å².